The first-order chi connectivity index (χ1) is 9.06. The van der Waals surface area contributed by atoms with Gasteiger partial charge >= 0.3 is 0 Å². The number of aryl methyl sites for hydroxylation is 1. The summed E-state index contributed by atoms with van der Waals surface area (Å²) in [7, 11) is 4.29. The van der Waals surface area contributed by atoms with E-state index in [0.29, 0.717) is 12.0 Å². The molecule has 2 rings (SSSR count). The summed E-state index contributed by atoms with van der Waals surface area (Å²) in [5, 5.41) is 10.5. The topological polar surface area (TPSA) is 39.6 Å². The van der Waals surface area contributed by atoms with Crippen molar-refractivity contribution in [1.82, 2.24) is 9.88 Å². The molecular formula is C14H25N3OS. The Morgan fingerprint density at radius 1 is 1.42 bits per heavy atom. The van der Waals surface area contributed by atoms with E-state index in [9.17, 15) is 5.11 Å². The largest absolute Gasteiger partial charge is 0.391 e. The summed E-state index contributed by atoms with van der Waals surface area (Å²) in [6.07, 6.45) is 2.04. The number of rotatable bonds is 5. The highest BCUT2D eigenvalue weighted by Gasteiger charge is 2.32. The average Bonchev–Trinajstić information content (AvgIpc) is 2.93. The fourth-order valence-electron chi connectivity index (χ4n) is 2.84. The van der Waals surface area contributed by atoms with Gasteiger partial charge in [-0.1, -0.05) is 31.6 Å². The van der Waals surface area contributed by atoms with Crippen molar-refractivity contribution < 1.29 is 5.11 Å². The normalized spacial score (nSPS) is 23.6. The molecule has 1 aromatic heterocycles. The second-order valence-electron chi connectivity index (χ2n) is 5.69. The second-order valence-corrected chi connectivity index (χ2v) is 6.75. The Morgan fingerprint density at radius 3 is 2.68 bits per heavy atom. The van der Waals surface area contributed by atoms with Crippen LogP contribution in [0.4, 0.5) is 5.13 Å². The molecule has 1 saturated heterocycles. The number of hydrogen-bond acceptors (Lipinski definition) is 5. The van der Waals surface area contributed by atoms with Crippen LogP contribution in [0.2, 0.25) is 0 Å². The maximum absolute atomic E-state index is 9.44. The van der Waals surface area contributed by atoms with E-state index in [4.69, 9.17) is 4.98 Å². The van der Waals surface area contributed by atoms with E-state index >= 15 is 0 Å². The van der Waals surface area contributed by atoms with Gasteiger partial charge in [0.2, 0.25) is 0 Å². The van der Waals surface area contributed by atoms with Crippen LogP contribution >= 0.6 is 11.3 Å². The minimum atomic E-state index is 0.119. The lowest BCUT2D eigenvalue weighted by Crippen LogP contribution is -2.34. The molecule has 0 bridgehead atoms. The Labute approximate surface area is 120 Å². The molecule has 1 aliphatic heterocycles. The fourth-order valence-corrected chi connectivity index (χ4v) is 3.82. The predicted octanol–water partition coefficient (Wildman–Crippen LogP) is 1.97. The Morgan fingerprint density at radius 2 is 2.16 bits per heavy atom. The van der Waals surface area contributed by atoms with Crippen molar-refractivity contribution in [2.75, 3.05) is 32.1 Å². The quantitative estimate of drug-likeness (QED) is 0.897. The minimum Gasteiger partial charge on any atom is -0.391 e. The Kier molecular flexibility index (Phi) is 4.81. The molecule has 108 valence electrons. The second kappa shape index (κ2) is 6.20. The molecule has 0 radical (unpaired) electrons. The fraction of sp³-hybridized carbons (Fsp3) is 0.786. The maximum Gasteiger partial charge on any atom is 0.185 e. The van der Waals surface area contributed by atoms with Gasteiger partial charge in [-0.15, -0.1) is 0 Å². The SMILES string of the molecule is CCCc1nc(N2CC(C)C(N(C)C)C2)sc1CO. The first-order valence-electron chi connectivity index (χ1n) is 7.07. The minimum absolute atomic E-state index is 0.119. The smallest absolute Gasteiger partial charge is 0.185 e. The van der Waals surface area contributed by atoms with Gasteiger partial charge in [0, 0.05) is 19.1 Å². The zero-order valence-electron chi connectivity index (χ0n) is 12.4. The van der Waals surface area contributed by atoms with Gasteiger partial charge in [0.25, 0.3) is 0 Å². The number of hydrogen-bond donors (Lipinski definition) is 1. The molecule has 19 heavy (non-hydrogen) atoms. The predicted molar refractivity (Wildman–Crippen MR) is 80.9 cm³/mol. The maximum atomic E-state index is 9.44. The molecule has 0 amide bonds. The molecule has 2 atom stereocenters. The van der Waals surface area contributed by atoms with E-state index in [1.165, 1.54) is 0 Å². The van der Waals surface area contributed by atoms with Gasteiger partial charge in [0.15, 0.2) is 5.13 Å². The van der Waals surface area contributed by atoms with Gasteiger partial charge in [0.1, 0.15) is 0 Å². The number of thiazole rings is 1. The summed E-state index contributed by atoms with van der Waals surface area (Å²) < 4.78 is 0. The van der Waals surface area contributed by atoms with Crippen molar-refractivity contribution in [3.05, 3.63) is 10.6 Å². The Hall–Kier alpha value is -0.650. The summed E-state index contributed by atoms with van der Waals surface area (Å²) in [6.45, 7) is 6.68. The lowest BCUT2D eigenvalue weighted by atomic mass is 10.1. The first kappa shape index (κ1) is 14.8. The molecule has 1 aromatic rings. The van der Waals surface area contributed by atoms with Gasteiger partial charge in [-0.25, -0.2) is 4.98 Å². The Bertz CT molecular complexity index is 419. The van der Waals surface area contributed by atoms with E-state index in [0.717, 1.165) is 41.6 Å². The summed E-state index contributed by atoms with van der Waals surface area (Å²) in [5.41, 5.74) is 1.09. The summed E-state index contributed by atoms with van der Waals surface area (Å²) in [5.74, 6) is 0.658. The standard InChI is InChI=1S/C14H25N3OS/c1-5-6-11-13(9-18)19-14(15-11)17-7-10(2)12(8-17)16(3)4/h10,12,18H,5-9H2,1-4H3. The number of aromatic nitrogens is 1. The summed E-state index contributed by atoms with van der Waals surface area (Å²) in [6, 6.07) is 0.594. The van der Waals surface area contributed by atoms with Crippen LogP contribution < -0.4 is 4.90 Å². The first-order valence-corrected chi connectivity index (χ1v) is 7.89. The lowest BCUT2D eigenvalue weighted by molar-refractivity contribution is 0.266. The number of nitrogens with zero attached hydrogens (tertiary/aromatic N) is 3. The van der Waals surface area contributed by atoms with Gasteiger partial charge < -0.3 is 14.9 Å². The van der Waals surface area contributed by atoms with Crippen molar-refractivity contribution in [2.45, 2.75) is 39.3 Å². The van der Waals surface area contributed by atoms with Crippen LogP contribution in [0.25, 0.3) is 0 Å². The third kappa shape index (κ3) is 3.09. The highest BCUT2D eigenvalue weighted by atomic mass is 32.1. The Balaban J connectivity index is 2.14. The van der Waals surface area contributed by atoms with E-state index < -0.39 is 0 Å². The average molecular weight is 283 g/mol. The van der Waals surface area contributed by atoms with Gasteiger partial charge in [-0.3, -0.25) is 0 Å². The molecular weight excluding hydrogens is 258 g/mol. The third-order valence-corrected chi connectivity index (χ3v) is 5.05. The van der Waals surface area contributed by atoms with Crippen molar-refractivity contribution in [3.63, 3.8) is 0 Å². The van der Waals surface area contributed by atoms with Crippen molar-refractivity contribution >= 4 is 16.5 Å². The molecule has 1 aliphatic rings. The van der Waals surface area contributed by atoms with Crippen molar-refractivity contribution in [3.8, 4) is 0 Å². The molecule has 2 heterocycles. The van der Waals surface area contributed by atoms with Crippen LogP contribution in [0.5, 0.6) is 0 Å². The molecule has 4 nitrogen and oxygen atoms in total. The molecule has 0 spiro atoms. The van der Waals surface area contributed by atoms with Crippen LogP contribution in [0.15, 0.2) is 0 Å². The van der Waals surface area contributed by atoms with Gasteiger partial charge in [-0.2, -0.15) is 0 Å². The molecule has 1 fully saturated rings. The molecule has 1 N–H and O–H groups in total. The van der Waals surface area contributed by atoms with Crippen molar-refractivity contribution in [1.29, 1.82) is 0 Å². The molecule has 0 aliphatic carbocycles. The van der Waals surface area contributed by atoms with Crippen molar-refractivity contribution in [2.24, 2.45) is 5.92 Å². The number of likely N-dealkylation sites (N-methyl/N-ethyl adjacent to an activating group) is 1. The molecule has 0 aromatic carbocycles. The highest BCUT2D eigenvalue weighted by Crippen LogP contribution is 2.32. The van der Waals surface area contributed by atoms with Crippen LogP contribution in [0.3, 0.4) is 0 Å². The molecule has 2 unspecified atom stereocenters. The third-order valence-electron chi connectivity index (χ3n) is 3.90. The van der Waals surface area contributed by atoms with E-state index in [1.54, 1.807) is 11.3 Å². The van der Waals surface area contributed by atoms with Crippen LogP contribution in [0.1, 0.15) is 30.8 Å². The lowest BCUT2D eigenvalue weighted by Gasteiger charge is -2.22. The van der Waals surface area contributed by atoms with Crippen LogP contribution in [-0.2, 0) is 13.0 Å². The summed E-state index contributed by atoms with van der Waals surface area (Å²) >= 11 is 1.66. The zero-order chi connectivity index (χ0) is 14.0. The van der Waals surface area contributed by atoms with E-state index in [1.807, 2.05) is 0 Å². The zero-order valence-corrected chi connectivity index (χ0v) is 13.2. The van der Waals surface area contributed by atoms with Crippen LogP contribution in [0, 0.1) is 5.92 Å². The number of aliphatic hydroxyl groups is 1. The molecule has 5 heteroatoms. The van der Waals surface area contributed by atoms with Gasteiger partial charge in [0.05, 0.1) is 17.2 Å². The number of aliphatic hydroxyl groups excluding tert-OH is 1. The number of anilines is 1. The molecule has 0 saturated carbocycles. The summed E-state index contributed by atoms with van der Waals surface area (Å²) in [4.78, 5) is 10.5. The monoisotopic (exact) mass is 283 g/mol. The highest BCUT2D eigenvalue weighted by molar-refractivity contribution is 7.15. The van der Waals surface area contributed by atoms with Gasteiger partial charge in [-0.05, 0) is 26.4 Å². The van der Waals surface area contributed by atoms with E-state index in [2.05, 4.69) is 37.7 Å². The van der Waals surface area contributed by atoms with Crippen LogP contribution in [-0.4, -0.2) is 48.2 Å². The van der Waals surface area contributed by atoms with E-state index in [-0.39, 0.29) is 6.61 Å².